The van der Waals surface area contributed by atoms with Crippen LogP contribution in [-0.2, 0) is 4.79 Å². The molecule has 23 heavy (non-hydrogen) atoms. The summed E-state index contributed by atoms with van der Waals surface area (Å²) in [6.07, 6.45) is -5.10. The van der Waals surface area contributed by atoms with Gasteiger partial charge >= 0.3 is 18.1 Å². The summed E-state index contributed by atoms with van der Waals surface area (Å²) in [5.41, 5.74) is 0.345. The molecule has 9 heteroatoms. The van der Waals surface area contributed by atoms with Crippen LogP contribution in [0.3, 0.4) is 0 Å². The van der Waals surface area contributed by atoms with Gasteiger partial charge in [0.1, 0.15) is 10.6 Å². The van der Waals surface area contributed by atoms with E-state index in [9.17, 15) is 27.9 Å². The molecule has 0 fully saturated rings. The molecule has 2 N–H and O–H groups in total. The largest absolute Gasteiger partial charge is 0.478 e. The van der Waals surface area contributed by atoms with Crippen LogP contribution in [0.2, 0.25) is 5.02 Å². The fourth-order valence-electron chi connectivity index (χ4n) is 1.97. The smallest absolute Gasteiger partial charge is 0.471 e. The van der Waals surface area contributed by atoms with Crippen molar-refractivity contribution in [3.63, 3.8) is 0 Å². The SMILES string of the molecule is Cc1sc(NC(=O)C(F)(F)F)c(C(=O)O)c1-c1ccc(Cl)cc1. The fourth-order valence-corrected chi connectivity index (χ4v) is 3.16. The molecule has 122 valence electrons. The van der Waals surface area contributed by atoms with Crippen LogP contribution in [0.4, 0.5) is 18.2 Å². The number of hydrogen-bond acceptors (Lipinski definition) is 3. The van der Waals surface area contributed by atoms with Crippen LogP contribution in [0, 0.1) is 6.92 Å². The average Bonchev–Trinajstić information content (AvgIpc) is 2.75. The third kappa shape index (κ3) is 3.65. The summed E-state index contributed by atoms with van der Waals surface area (Å²) in [7, 11) is 0. The highest BCUT2D eigenvalue weighted by atomic mass is 35.5. The number of amides is 1. The number of aryl methyl sites for hydroxylation is 1. The number of carbonyl (C=O) groups is 2. The molecule has 0 aliphatic carbocycles. The molecular weight excluding hydrogens is 355 g/mol. The lowest BCUT2D eigenvalue weighted by atomic mass is 10.0. The first-order valence-corrected chi connectivity index (χ1v) is 7.31. The number of hydrogen-bond donors (Lipinski definition) is 2. The van der Waals surface area contributed by atoms with Crippen molar-refractivity contribution in [2.75, 3.05) is 5.32 Å². The summed E-state index contributed by atoms with van der Waals surface area (Å²) in [4.78, 5) is 23.0. The van der Waals surface area contributed by atoms with Gasteiger partial charge in [-0.2, -0.15) is 13.2 Å². The zero-order valence-corrected chi connectivity index (χ0v) is 13.1. The van der Waals surface area contributed by atoms with Crippen molar-refractivity contribution in [3.8, 4) is 11.1 Å². The van der Waals surface area contributed by atoms with E-state index in [1.807, 2.05) is 0 Å². The van der Waals surface area contributed by atoms with Crippen molar-refractivity contribution in [1.82, 2.24) is 0 Å². The maximum atomic E-state index is 12.4. The average molecular weight is 364 g/mol. The van der Waals surface area contributed by atoms with Crippen molar-refractivity contribution in [1.29, 1.82) is 0 Å². The first-order chi connectivity index (χ1) is 10.6. The summed E-state index contributed by atoms with van der Waals surface area (Å²) in [6.45, 7) is 1.56. The molecule has 0 saturated heterocycles. The second-order valence-corrected chi connectivity index (χ2v) is 6.16. The van der Waals surface area contributed by atoms with Crippen molar-refractivity contribution in [3.05, 3.63) is 39.7 Å². The van der Waals surface area contributed by atoms with Gasteiger partial charge < -0.3 is 10.4 Å². The van der Waals surface area contributed by atoms with Gasteiger partial charge in [-0.1, -0.05) is 23.7 Å². The molecule has 4 nitrogen and oxygen atoms in total. The molecule has 2 rings (SSSR count). The molecule has 0 bridgehead atoms. The number of carbonyl (C=O) groups excluding carboxylic acids is 1. The van der Waals surface area contributed by atoms with E-state index in [4.69, 9.17) is 11.6 Å². The van der Waals surface area contributed by atoms with E-state index in [1.54, 1.807) is 24.4 Å². The summed E-state index contributed by atoms with van der Waals surface area (Å²) in [6, 6.07) is 6.18. The minimum Gasteiger partial charge on any atom is -0.478 e. The fraction of sp³-hybridized carbons (Fsp3) is 0.143. The standard InChI is InChI=1S/C14H9ClF3NO3S/c1-6-9(7-2-4-8(15)5-3-7)10(12(20)21)11(23-6)19-13(22)14(16,17)18/h2-5H,1H3,(H,19,22)(H,20,21). The number of nitrogens with one attached hydrogen (secondary N) is 1. The van der Waals surface area contributed by atoms with Crippen LogP contribution in [0.15, 0.2) is 24.3 Å². The van der Waals surface area contributed by atoms with E-state index >= 15 is 0 Å². The Bertz CT molecular complexity index is 769. The topological polar surface area (TPSA) is 66.4 Å². The Morgan fingerprint density at radius 2 is 1.78 bits per heavy atom. The molecule has 1 aromatic carbocycles. The number of alkyl halides is 3. The van der Waals surface area contributed by atoms with Crippen LogP contribution in [0.25, 0.3) is 11.1 Å². The van der Waals surface area contributed by atoms with Gasteiger partial charge in [0, 0.05) is 15.5 Å². The summed E-state index contributed by atoms with van der Waals surface area (Å²) in [5.74, 6) is -3.65. The molecule has 0 saturated carbocycles. The quantitative estimate of drug-likeness (QED) is 0.839. The van der Waals surface area contributed by atoms with E-state index in [0.717, 1.165) is 11.3 Å². The molecule has 1 aromatic heterocycles. The van der Waals surface area contributed by atoms with Crippen molar-refractivity contribution >= 4 is 39.8 Å². The Balaban J connectivity index is 2.55. The van der Waals surface area contributed by atoms with E-state index in [-0.39, 0.29) is 16.1 Å². The monoisotopic (exact) mass is 363 g/mol. The molecule has 0 atom stereocenters. The van der Waals surface area contributed by atoms with Crippen molar-refractivity contribution in [2.24, 2.45) is 0 Å². The molecule has 1 amide bonds. The zero-order chi connectivity index (χ0) is 17.4. The lowest BCUT2D eigenvalue weighted by molar-refractivity contribution is -0.167. The van der Waals surface area contributed by atoms with Gasteiger partial charge in [-0.25, -0.2) is 4.79 Å². The van der Waals surface area contributed by atoms with E-state index in [2.05, 4.69) is 0 Å². The summed E-state index contributed by atoms with van der Waals surface area (Å²) < 4.78 is 37.1. The van der Waals surface area contributed by atoms with Crippen LogP contribution in [0.1, 0.15) is 15.2 Å². The number of aromatic carboxylic acids is 1. The minimum atomic E-state index is -5.10. The summed E-state index contributed by atoms with van der Waals surface area (Å²) >= 11 is 6.54. The highest BCUT2D eigenvalue weighted by molar-refractivity contribution is 7.17. The number of carboxylic acids is 1. The van der Waals surface area contributed by atoms with Gasteiger partial charge in [0.25, 0.3) is 0 Å². The van der Waals surface area contributed by atoms with Gasteiger partial charge in [-0.3, -0.25) is 4.79 Å². The van der Waals surface area contributed by atoms with Crippen molar-refractivity contribution < 1.29 is 27.9 Å². The third-order valence-corrected chi connectivity index (χ3v) is 4.19. The van der Waals surface area contributed by atoms with E-state index < -0.39 is 18.1 Å². The molecular formula is C14H9ClF3NO3S. The molecule has 0 radical (unpaired) electrons. The number of thiophene rings is 1. The zero-order valence-electron chi connectivity index (χ0n) is 11.5. The number of benzene rings is 1. The van der Waals surface area contributed by atoms with Crippen LogP contribution in [0.5, 0.6) is 0 Å². The van der Waals surface area contributed by atoms with Gasteiger partial charge in [0.15, 0.2) is 0 Å². The molecule has 1 heterocycles. The Morgan fingerprint density at radius 3 is 2.26 bits per heavy atom. The summed E-state index contributed by atoms with van der Waals surface area (Å²) in [5, 5.41) is 11.0. The number of carboxylic acid groups (broad SMARTS) is 1. The van der Waals surface area contributed by atoms with Crippen LogP contribution in [-0.4, -0.2) is 23.2 Å². The van der Waals surface area contributed by atoms with Gasteiger partial charge in [-0.15, -0.1) is 11.3 Å². The predicted octanol–water partition coefficient (Wildman–Crippen LogP) is 4.58. The molecule has 0 spiro atoms. The Morgan fingerprint density at radius 1 is 1.22 bits per heavy atom. The normalized spacial score (nSPS) is 11.3. The number of halogens is 4. The molecule has 0 unspecified atom stereocenters. The lowest BCUT2D eigenvalue weighted by Crippen LogP contribution is -2.30. The van der Waals surface area contributed by atoms with Crippen molar-refractivity contribution in [2.45, 2.75) is 13.1 Å². The third-order valence-electron chi connectivity index (χ3n) is 2.92. The second-order valence-electron chi connectivity index (χ2n) is 4.50. The van der Waals surface area contributed by atoms with E-state index in [1.165, 1.54) is 12.1 Å². The molecule has 0 aliphatic heterocycles. The molecule has 0 aliphatic rings. The van der Waals surface area contributed by atoms with Crippen LogP contribution >= 0.6 is 22.9 Å². The minimum absolute atomic E-state index is 0.247. The van der Waals surface area contributed by atoms with Gasteiger partial charge in [0.2, 0.25) is 0 Å². The first kappa shape index (κ1) is 17.3. The Hall–Kier alpha value is -2.06. The number of rotatable bonds is 3. The predicted molar refractivity (Wildman–Crippen MR) is 81.1 cm³/mol. The lowest BCUT2D eigenvalue weighted by Gasteiger charge is -2.08. The maximum absolute atomic E-state index is 12.4. The van der Waals surface area contributed by atoms with Gasteiger partial charge in [0.05, 0.1) is 0 Å². The van der Waals surface area contributed by atoms with Crippen LogP contribution < -0.4 is 5.32 Å². The van der Waals surface area contributed by atoms with E-state index in [0.29, 0.717) is 15.5 Å². The Labute approximate surface area is 137 Å². The van der Waals surface area contributed by atoms with Gasteiger partial charge in [-0.05, 0) is 24.6 Å². The highest BCUT2D eigenvalue weighted by Gasteiger charge is 2.40. The maximum Gasteiger partial charge on any atom is 0.471 e. The first-order valence-electron chi connectivity index (χ1n) is 6.12. The number of anilines is 1. The highest BCUT2D eigenvalue weighted by Crippen LogP contribution is 2.40. The molecule has 2 aromatic rings. The second kappa shape index (κ2) is 6.21. The Kier molecular flexibility index (Phi) is 4.67.